The summed E-state index contributed by atoms with van der Waals surface area (Å²) in [6, 6.07) is 6.45. The number of rotatable bonds is 7. The summed E-state index contributed by atoms with van der Waals surface area (Å²) in [5.74, 6) is -0.217. The molecule has 0 amide bonds. The molecule has 1 unspecified atom stereocenters. The van der Waals surface area contributed by atoms with Crippen molar-refractivity contribution >= 4 is 15.2 Å². The molecule has 0 saturated carbocycles. The summed E-state index contributed by atoms with van der Waals surface area (Å²) in [5.41, 5.74) is 0.275. The van der Waals surface area contributed by atoms with Crippen LogP contribution in [0.15, 0.2) is 24.3 Å². The first-order chi connectivity index (χ1) is 8.13. The lowest BCUT2D eigenvalue weighted by atomic mass is 10.2. The Kier molecular flexibility index (Phi) is 5.95. The number of carboxylic acid groups (broad SMARTS) is 1. The first-order valence-electron chi connectivity index (χ1n) is 5.48. The molecule has 5 heteroatoms. The van der Waals surface area contributed by atoms with Gasteiger partial charge < -0.3 is 14.7 Å². The lowest BCUT2D eigenvalue weighted by molar-refractivity contribution is 0.0697. The third-order valence-electron chi connectivity index (χ3n) is 2.35. The Balaban J connectivity index is 2.34. The summed E-state index contributed by atoms with van der Waals surface area (Å²) in [5, 5.41) is 8.73. The SMILES string of the molecule is CN(CCP)CCOc1ccc(C(=O)O)cc1. The van der Waals surface area contributed by atoms with Gasteiger partial charge in [-0.2, -0.15) is 0 Å². The Hall–Kier alpha value is -1.12. The largest absolute Gasteiger partial charge is 0.492 e. The number of benzene rings is 1. The molecule has 0 aliphatic carbocycles. The average molecular weight is 255 g/mol. The van der Waals surface area contributed by atoms with Crippen molar-refractivity contribution in [2.75, 3.05) is 32.9 Å². The first kappa shape index (κ1) is 13.9. The van der Waals surface area contributed by atoms with E-state index in [1.165, 1.54) is 0 Å². The van der Waals surface area contributed by atoms with Crippen molar-refractivity contribution in [3.8, 4) is 5.75 Å². The smallest absolute Gasteiger partial charge is 0.335 e. The van der Waals surface area contributed by atoms with Gasteiger partial charge in [-0.15, -0.1) is 9.24 Å². The number of carbonyl (C=O) groups is 1. The fourth-order valence-corrected chi connectivity index (χ4v) is 1.79. The fourth-order valence-electron chi connectivity index (χ4n) is 1.35. The van der Waals surface area contributed by atoms with Crippen LogP contribution in [0.2, 0.25) is 0 Å². The van der Waals surface area contributed by atoms with Crippen LogP contribution in [0.25, 0.3) is 0 Å². The Bertz CT molecular complexity index is 353. The molecule has 1 aromatic rings. The summed E-state index contributed by atoms with van der Waals surface area (Å²) in [4.78, 5) is 12.8. The zero-order valence-corrected chi connectivity index (χ0v) is 11.1. The first-order valence-corrected chi connectivity index (χ1v) is 6.30. The zero-order chi connectivity index (χ0) is 12.7. The van der Waals surface area contributed by atoms with Crippen LogP contribution in [0.3, 0.4) is 0 Å². The van der Waals surface area contributed by atoms with E-state index in [0.29, 0.717) is 12.4 Å². The number of nitrogens with zero attached hydrogens (tertiary/aromatic N) is 1. The predicted molar refractivity (Wildman–Crippen MR) is 71.0 cm³/mol. The normalized spacial score (nSPS) is 10.5. The van der Waals surface area contributed by atoms with Crippen molar-refractivity contribution in [3.05, 3.63) is 29.8 Å². The molecular formula is C12H18NO3P. The summed E-state index contributed by atoms with van der Waals surface area (Å²) in [6.45, 7) is 2.48. The van der Waals surface area contributed by atoms with Gasteiger partial charge in [0.1, 0.15) is 12.4 Å². The molecular weight excluding hydrogens is 237 g/mol. The van der Waals surface area contributed by atoms with E-state index in [2.05, 4.69) is 14.1 Å². The van der Waals surface area contributed by atoms with Gasteiger partial charge in [-0.3, -0.25) is 0 Å². The third-order valence-corrected chi connectivity index (χ3v) is 2.61. The van der Waals surface area contributed by atoms with Gasteiger partial charge in [0.2, 0.25) is 0 Å². The Morgan fingerprint density at radius 2 is 2.00 bits per heavy atom. The monoisotopic (exact) mass is 255 g/mol. The molecule has 0 aromatic heterocycles. The number of ether oxygens (including phenoxy) is 1. The maximum absolute atomic E-state index is 10.6. The molecule has 17 heavy (non-hydrogen) atoms. The van der Waals surface area contributed by atoms with Gasteiger partial charge in [-0.05, 0) is 37.5 Å². The van der Waals surface area contributed by atoms with Gasteiger partial charge in [-0.1, -0.05) is 0 Å². The summed E-state index contributed by atoms with van der Waals surface area (Å²) in [7, 11) is 4.73. The van der Waals surface area contributed by atoms with Gasteiger partial charge in [0.25, 0.3) is 0 Å². The minimum atomic E-state index is -0.920. The van der Waals surface area contributed by atoms with Crippen LogP contribution in [0.5, 0.6) is 5.75 Å². The number of likely N-dealkylation sites (N-methyl/N-ethyl adjacent to an activating group) is 1. The van der Waals surface area contributed by atoms with E-state index in [1.54, 1.807) is 24.3 Å². The molecule has 0 saturated heterocycles. The van der Waals surface area contributed by atoms with E-state index < -0.39 is 5.97 Å². The van der Waals surface area contributed by atoms with E-state index in [-0.39, 0.29) is 5.56 Å². The number of carboxylic acids is 1. The molecule has 0 radical (unpaired) electrons. The van der Waals surface area contributed by atoms with Crippen molar-refractivity contribution in [3.63, 3.8) is 0 Å². The summed E-state index contributed by atoms with van der Waals surface area (Å²) in [6.07, 6.45) is 1.05. The molecule has 1 aromatic carbocycles. The second-order valence-electron chi connectivity index (χ2n) is 3.77. The van der Waals surface area contributed by atoms with Gasteiger partial charge in [0.15, 0.2) is 0 Å². The van der Waals surface area contributed by atoms with Crippen LogP contribution in [0, 0.1) is 0 Å². The zero-order valence-electron chi connectivity index (χ0n) is 9.93. The minimum absolute atomic E-state index is 0.275. The molecule has 1 N–H and O–H groups in total. The topological polar surface area (TPSA) is 49.8 Å². The molecule has 4 nitrogen and oxygen atoms in total. The standard InChI is InChI=1S/C12H18NO3P/c1-13(7-9-17)6-8-16-11-4-2-10(3-5-11)12(14)15/h2-5H,6-9,17H2,1H3,(H,14,15). The van der Waals surface area contributed by atoms with Crippen molar-refractivity contribution in [2.24, 2.45) is 0 Å². The number of hydrogen-bond donors (Lipinski definition) is 1. The molecule has 0 spiro atoms. The van der Waals surface area contributed by atoms with Crippen LogP contribution in [-0.4, -0.2) is 48.9 Å². The third kappa shape index (κ3) is 5.16. The average Bonchev–Trinajstić information content (AvgIpc) is 2.30. The fraction of sp³-hybridized carbons (Fsp3) is 0.417. The van der Waals surface area contributed by atoms with E-state index in [9.17, 15) is 4.79 Å². The number of hydrogen-bond acceptors (Lipinski definition) is 3. The second kappa shape index (κ2) is 7.25. The van der Waals surface area contributed by atoms with Gasteiger partial charge in [-0.25, -0.2) is 4.79 Å². The van der Waals surface area contributed by atoms with Crippen molar-refractivity contribution in [2.45, 2.75) is 0 Å². The van der Waals surface area contributed by atoms with E-state index >= 15 is 0 Å². The van der Waals surface area contributed by atoms with Crippen molar-refractivity contribution in [1.29, 1.82) is 0 Å². The maximum atomic E-state index is 10.6. The van der Waals surface area contributed by atoms with Gasteiger partial charge in [0, 0.05) is 13.1 Å². The summed E-state index contributed by atoms with van der Waals surface area (Å²) >= 11 is 0. The molecule has 0 aliphatic rings. The molecule has 0 heterocycles. The highest BCUT2D eigenvalue weighted by Crippen LogP contribution is 2.11. The number of aromatic carboxylic acids is 1. The quantitative estimate of drug-likeness (QED) is 0.751. The highest BCUT2D eigenvalue weighted by Gasteiger charge is 2.02. The molecule has 94 valence electrons. The summed E-state index contributed by atoms with van der Waals surface area (Å²) < 4.78 is 5.52. The van der Waals surface area contributed by atoms with Gasteiger partial charge >= 0.3 is 5.97 Å². The predicted octanol–water partition coefficient (Wildman–Crippen LogP) is 1.57. The van der Waals surface area contributed by atoms with E-state index in [4.69, 9.17) is 9.84 Å². The Morgan fingerprint density at radius 1 is 1.35 bits per heavy atom. The second-order valence-corrected chi connectivity index (χ2v) is 4.35. The lowest BCUT2D eigenvalue weighted by Crippen LogP contribution is -2.25. The van der Waals surface area contributed by atoms with E-state index in [1.807, 2.05) is 7.05 Å². The Morgan fingerprint density at radius 3 is 2.53 bits per heavy atom. The highest BCUT2D eigenvalue weighted by atomic mass is 31.0. The van der Waals surface area contributed by atoms with Crippen LogP contribution in [0.4, 0.5) is 0 Å². The molecule has 0 fully saturated rings. The Labute approximate surface area is 104 Å². The van der Waals surface area contributed by atoms with E-state index in [0.717, 1.165) is 19.3 Å². The molecule has 0 aliphatic heterocycles. The van der Waals surface area contributed by atoms with Crippen molar-refractivity contribution in [1.82, 2.24) is 4.90 Å². The van der Waals surface area contributed by atoms with Crippen molar-refractivity contribution < 1.29 is 14.6 Å². The maximum Gasteiger partial charge on any atom is 0.335 e. The van der Waals surface area contributed by atoms with Gasteiger partial charge in [0.05, 0.1) is 5.56 Å². The minimum Gasteiger partial charge on any atom is -0.492 e. The molecule has 0 bridgehead atoms. The molecule has 1 rings (SSSR count). The van der Waals surface area contributed by atoms with Crippen LogP contribution >= 0.6 is 9.24 Å². The van der Waals surface area contributed by atoms with Crippen LogP contribution in [0.1, 0.15) is 10.4 Å². The van der Waals surface area contributed by atoms with Crippen LogP contribution in [-0.2, 0) is 0 Å². The highest BCUT2D eigenvalue weighted by molar-refractivity contribution is 7.16. The molecule has 1 atom stereocenters. The lowest BCUT2D eigenvalue weighted by Gasteiger charge is -2.15. The van der Waals surface area contributed by atoms with Crippen LogP contribution < -0.4 is 4.74 Å².